The van der Waals surface area contributed by atoms with Gasteiger partial charge in [0, 0.05) is 6.54 Å². The van der Waals surface area contributed by atoms with Gasteiger partial charge in [0.15, 0.2) is 0 Å². The standard InChI is InChI=1S/C10H16N2O2S/c1-3-15(13,14)12-10-6-9(7-11)5-4-8(10)2/h4-6,12H,3,7,11H2,1-2H3. The molecule has 0 aliphatic heterocycles. The zero-order valence-corrected chi connectivity index (χ0v) is 9.76. The summed E-state index contributed by atoms with van der Waals surface area (Å²) in [6.07, 6.45) is 0. The molecular weight excluding hydrogens is 212 g/mol. The van der Waals surface area contributed by atoms with Crippen molar-refractivity contribution in [2.45, 2.75) is 20.4 Å². The summed E-state index contributed by atoms with van der Waals surface area (Å²) < 4.78 is 25.3. The minimum Gasteiger partial charge on any atom is -0.326 e. The third kappa shape index (κ3) is 3.21. The lowest BCUT2D eigenvalue weighted by atomic mass is 10.1. The number of nitrogens with one attached hydrogen (secondary N) is 1. The molecule has 0 atom stereocenters. The first-order valence-electron chi connectivity index (χ1n) is 4.78. The highest BCUT2D eigenvalue weighted by molar-refractivity contribution is 7.92. The maximum absolute atomic E-state index is 11.4. The van der Waals surface area contributed by atoms with Gasteiger partial charge in [0.05, 0.1) is 11.4 Å². The van der Waals surface area contributed by atoms with E-state index in [0.29, 0.717) is 12.2 Å². The summed E-state index contributed by atoms with van der Waals surface area (Å²) in [5, 5.41) is 0. The molecule has 0 aliphatic carbocycles. The Balaban J connectivity index is 3.04. The van der Waals surface area contributed by atoms with Gasteiger partial charge < -0.3 is 5.73 Å². The molecule has 1 rings (SSSR count). The van der Waals surface area contributed by atoms with E-state index in [0.717, 1.165) is 11.1 Å². The quantitative estimate of drug-likeness (QED) is 0.813. The molecule has 0 aliphatic rings. The predicted molar refractivity (Wildman–Crippen MR) is 62.2 cm³/mol. The number of rotatable bonds is 4. The van der Waals surface area contributed by atoms with E-state index in [2.05, 4.69) is 4.72 Å². The number of anilines is 1. The molecule has 1 aromatic rings. The van der Waals surface area contributed by atoms with Crippen LogP contribution in [-0.2, 0) is 16.6 Å². The highest BCUT2D eigenvalue weighted by atomic mass is 32.2. The van der Waals surface area contributed by atoms with E-state index in [1.165, 1.54) is 0 Å². The number of hydrogen-bond acceptors (Lipinski definition) is 3. The van der Waals surface area contributed by atoms with E-state index in [4.69, 9.17) is 5.73 Å². The van der Waals surface area contributed by atoms with Gasteiger partial charge in [0.2, 0.25) is 10.0 Å². The van der Waals surface area contributed by atoms with Crippen LogP contribution in [0.25, 0.3) is 0 Å². The molecular formula is C10H16N2O2S. The lowest BCUT2D eigenvalue weighted by Gasteiger charge is -2.10. The molecule has 0 saturated carbocycles. The van der Waals surface area contributed by atoms with Crippen LogP contribution in [0.15, 0.2) is 18.2 Å². The molecule has 3 N–H and O–H groups in total. The van der Waals surface area contributed by atoms with E-state index < -0.39 is 10.0 Å². The molecule has 0 spiro atoms. The first kappa shape index (κ1) is 12.0. The van der Waals surface area contributed by atoms with Crippen LogP contribution in [0.4, 0.5) is 5.69 Å². The smallest absolute Gasteiger partial charge is 0.232 e. The van der Waals surface area contributed by atoms with Gasteiger partial charge >= 0.3 is 0 Å². The van der Waals surface area contributed by atoms with Gasteiger partial charge in [-0.05, 0) is 31.0 Å². The van der Waals surface area contributed by atoms with Crippen molar-refractivity contribution in [3.05, 3.63) is 29.3 Å². The van der Waals surface area contributed by atoms with Crippen LogP contribution in [-0.4, -0.2) is 14.2 Å². The highest BCUT2D eigenvalue weighted by Gasteiger charge is 2.08. The summed E-state index contributed by atoms with van der Waals surface area (Å²) in [5.41, 5.74) is 7.90. The first-order chi connectivity index (χ1) is 6.98. The van der Waals surface area contributed by atoms with Crippen molar-refractivity contribution in [1.82, 2.24) is 0 Å². The predicted octanol–water partition coefficient (Wildman–Crippen LogP) is 1.22. The van der Waals surface area contributed by atoms with E-state index in [1.807, 2.05) is 19.1 Å². The van der Waals surface area contributed by atoms with Crippen LogP contribution in [0, 0.1) is 6.92 Å². The summed E-state index contributed by atoms with van der Waals surface area (Å²) in [4.78, 5) is 0. The lowest BCUT2D eigenvalue weighted by molar-refractivity contribution is 0.602. The zero-order chi connectivity index (χ0) is 11.5. The molecule has 1 aromatic carbocycles. The molecule has 15 heavy (non-hydrogen) atoms. The van der Waals surface area contributed by atoms with Crippen molar-refractivity contribution >= 4 is 15.7 Å². The molecule has 5 heteroatoms. The minimum atomic E-state index is -3.21. The Morgan fingerprint density at radius 2 is 2.07 bits per heavy atom. The van der Waals surface area contributed by atoms with Crippen LogP contribution in [0.1, 0.15) is 18.1 Å². The van der Waals surface area contributed by atoms with Crippen molar-refractivity contribution in [2.24, 2.45) is 5.73 Å². The topological polar surface area (TPSA) is 72.2 Å². The average molecular weight is 228 g/mol. The van der Waals surface area contributed by atoms with Gasteiger partial charge in [0.1, 0.15) is 0 Å². The molecule has 0 saturated heterocycles. The van der Waals surface area contributed by atoms with E-state index in [-0.39, 0.29) is 5.75 Å². The number of aryl methyl sites for hydroxylation is 1. The van der Waals surface area contributed by atoms with Gasteiger partial charge in [-0.3, -0.25) is 4.72 Å². The normalized spacial score (nSPS) is 11.4. The maximum atomic E-state index is 11.4. The number of nitrogens with two attached hydrogens (primary N) is 1. The molecule has 0 fully saturated rings. The van der Waals surface area contributed by atoms with Crippen LogP contribution in [0.3, 0.4) is 0 Å². The lowest BCUT2D eigenvalue weighted by Crippen LogP contribution is -2.15. The second-order valence-corrected chi connectivity index (χ2v) is 5.37. The maximum Gasteiger partial charge on any atom is 0.232 e. The summed E-state index contributed by atoms with van der Waals surface area (Å²) in [7, 11) is -3.21. The van der Waals surface area contributed by atoms with Crippen molar-refractivity contribution in [3.8, 4) is 0 Å². The number of hydrogen-bond donors (Lipinski definition) is 2. The molecule has 0 bridgehead atoms. The Bertz CT molecular complexity index is 441. The fraction of sp³-hybridized carbons (Fsp3) is 0.400. The summed E-state index contributed by atoms with van der Waals surface area (Å²) in [6, 6.07) is 5.51. The van der Waals surface area contributed by atoms with Crippen LogP contribution in [0.5, 0.6) is 0 Å². The second kappa shape index (κ2) is 4.63. The zero-order valence-electron chi connectivity index (χ0n) is 8.95. The molecule has 0 aromatic heterocycles. The van der Waals surface area contributed by atoms with Crippen LogP contribution >= 0.6 is 0 Å². The number of benzene rings is 1. The fourth-order valence-electron chi connectivity index (χ4n) is 1.15. The van der Waals surface area contributed by atoms with Crippen LogP contribution in [0.2, 0.25) is 0 Å². The van der Waals surface area contributed by atoms with Crippen LogP contribution < -0.4 is 10.5 Å². The Labute approximate surface area is 90.5 Å². The highest BCUT2D eigenvalue weighted by Crippen LogP contribution is 2.18. The SMILES string of the molecule is CCS(=O)(=O)Nc1cc(CN)ccc1C. The molecule has 4 nitrogen and oxygen atoms in total. The van der Waals surface area contributed by atoms with Crippen molar-refractivity contribution in [1.29, 1.82) is 0 Å². The second-order valence-electron chi connectivity index (χ2n) is 3.36. The van der Waals surface area contributed by atoms with Gasteiger partial charge in [-0.2, -0.15) is 0 Å². The molecule has 0 heterocycles. The third-order valence-corrected chi connectivity index (χ3v) is 3.47. The van der Waals surface area contributed by atoms with Gasteiger partial charge in [-0.25, -0.2) is 8.42 Å². The first-order valence-corrected chi connectivity index (χ1v) is 6.44. The molecule has 0 unspecified atom stereocenters. The van der Waals surface area contributed by atoms with E-state index >= 15 is 0 Å². The Hall–Kier alpha value is -1.07. The molecule has 0 radical (unpaired) electrons. The Morgan fingerprint density at radius 3 is 2.60 bits per heavy atom. The minimum absolute atomic E-state index is 0.0687. The van der Waals surface area contributed by atoms with Gasteiger partial charge in [-0.1, -0.05) is 12.1 Å². The van der Waals surface area contributed by atoms with E-state index in [1.54, 1.807) is 13.0 Å². The van der Waals surface area contributed by atoms with Crippen molar-refractivity contribution in [3.63, 3.8) is 0 Å². The monoisotopic (exact) mass is 228 g/mol. The number of sulfonamides is 1. The summed E-state index contributed by atoms with van der Waals surface area (Å²) in [5.74, 6) is 0.0687. The summed E-state index contributed by atoms with van der Waals surface area (Å²) in [6.45, 7) is 3.86. The Kier molecular flexibility index (Phi) is 3.71. The fourth-order valence-corrected chi connectivity index (χ4v) is 1.85. The van der Waals surface area contributed by atoms with Gasteiger partial charge in [0.25, 0.3) is 0 Å². The van der Waals surface area contributed by atoms with E-state index in [9.17, 15) is 8.42 Å². The summed E-state index contributed by atoms with van der Waals surface area (Å²) >= 11 is 0. The average Bonchev–Trinajstić information content (AvgIpc) is 2.21. The molecule has 84 valence electrons. The van der Waals surface area contributed by atoms with Crippen molar-refractivity contribution < 1.29 is 8.42 Å². The van der Waals surface area contributed by atoms with Crippen molar-refractivity contribution in [2.75, 3.05) is 10.5 Å². The largest absolute Gasteiger partial charge is 0.326 e. The molecule has 0 amide bonds. The Morgan fingerprint density at radius 1 is 1.40 bits per heavy atom. The van der Waals surface area contributed by atoms with Gasteiger partial charge in [-0.15, -0.1) is 0 Å². The third-order valence-electron chi connectivity index (χ3n) is 2.18.